The zero-order valence-electron chi connectivity index (χ0n) is 14.6. The van der Waals surface area contributed by atoms with Crippen molar-refractivity contribution in [3.05, 3.63) is 29.1 Å². The maximum absolute atomic E-state index is 14.8. The lowest BCUT2D eigenvalue weighted by Gasteiger charge is -2.47. The Morgan fingerprint density at radius 1 is 1.12 bits per heavy atom. The van der Waals surface area contributed by atoms with E-state index in [1.165, 1.54) is 6.42 Å². The lowest BCUT2D eigenvalue weighted by atomic mass is 9.92. The van der Waals surface area contributed by atoms with Crippen molar-refractivity contribution in [1.82, 2.24) is 15.5 Å². The molecule has 5 heterocycles. The van der Waals surface area contributed by atoms with Gasteiger partial charge in [0.1, 0.15) is 5.82 Å². The van der Waals surface area contributed by atoms with E-state index in [4.69, 9.17) is 0 Å². The minimum atomic E-state index is -0.349. The Hall–Kier alpha value is -1.99. The highest BCUT2D eigenvalue weighted by atomic mass is 19.1. The Kier molecular flexibility index (Phi) is 3.76. The Labute approximate surface area is 151 Å². The van der Waals surface area contributed by atoms with E-state index in [0.717, 1.165) is 30.8 Å². The average molecular weight is 358 g/mol. The lowest BCUT2D eigenvalue weighted by Crippen LogP contribution is -2.61. The molecule has 0 saturated carbocycles. The number of fused-ring (bicyclic) bond motifs is 4. The van der Waals surface area contributed by atoms with E-state index in [2.05, 4.69) is 21.6 Å². The van der Waals surface area contributed by atoms with Crippen LogP contribution in [0.2, 0.25) is 0 Å². The molecule has 0 aromatic heterocycles. The molecule has 0 radical (unpaired) electrons. The molecule has 2 bridgehead atoms. The number of nitrogens with zero attached hydrogens (tertiary/aromatic N) is 2. The van der Waals surface area contributed by atoms with Crippen LogP contribution in [-0.2, 0) is 22.7 Å². The van der Waals surface area contributed by atoms with Crippen molar-refractivity contribution in [1.29, 1.82) is 0 Å². The van der Waals surface area contributed by atoms with E-state index < -0.39 is 0 Å². The van der Waals surface area contributed by atoms with Crippen LogP contribution in [0.25, 0.3) is 0 Å². The third-order valence-electron chi connectivity index (χ3n) is 6.34. The number of piperazine rings is 1. The molecule has 3 atom stereocenters. The van der Waals surface area contributed by atoms with Gasteiger partial charge in [-0.1, -0.05) is 0 Å². The normalized spacial score (nSPS) is 31.3. The Balaban J connectivity index is 1.38. The highest BCUT2D eigenvalue weighted by Crippen LogP contribution is 2.35. The van der Waals surface area contributed by atoms with Crippen LogP contribution in [0.4, 0.5) is 10.1 Å². The van der Waals surface area contributed by atoms with E-state index in [9.17, 15) is 14.0 Å². The first-order chi connectivity index (χ1) is 12.6. The largest absolute Gasteiger partial charge is 0.366 e. The van der Waals surface area contributed by atoms with Crippen molar-refractivity contribution in [2.45, 2.75) is 56.9 Å². The van der Waals surface area contributed by atoms with E-state index >= 15 is 0 Å². The number of amides is 2. The summed E-state index contributed by atoms with van der Waals surface area (Å²) in [5.41, 5.74) is 2.63. The van der Waals surface area contributed by atoms with Crippen LogP contribution >= 0.6 is 0 Å². The number of nitrogens with one attached hydrogen (secondary N) is 2. The second kappa shape index (κ2) is 6.03. The molecule has 26 heavy (non-hydrogen) atoms. The predicted molar refractivity (Wildman–Crippen MR) is 94.0 cm³/mol. The highest BCUT2D eigenvalue weighted by Gasteiger charge is 2.37. The molecule has 4 fully saturated rings. The summed E-state index contributed by atoms with van der Waals surface area (Å²) >= 11 is 0. The van der Waals surface area contributed by atoms with Gasteiger partial charge in [0.15, 0.2) is 0 Å². The number of imide groups is 1. The molecule has 2 N–H and O–H groups in total. The standard InChI is InChI=1S/C19H23FN4O2/c20-16-6-14(24-9-12-1-2-13(24)7-21-12)5-11-8-23(10-15(11)16)17-3-4-18(25)22-19(17)26/h5-6,12-13,17,21H,1-4,7-10H2,(H,22,25,26). The monoisotopic (exact) mass is 358 g/mol. The first kappa shape index (κ1) is 16.2. The Bertz CT molecular complexity index is 775. The predicted octanol–water partition coefficient (Wildman–Crippen LogP) is 0.887. The number of halogens is 1. The molecule has 1 aromatic carbocycles. The van der Waals surface area contributed by atoms with E-state index in [1.54, 1.807) is 6.07 Å². The highest BCUT2D eigenvalue weighted by molar-refractivity contribution is 6.00. The zero-order valence-corrected chi connectivity index (χ0v) is 14.6. The van der Waals surface area contributed by atoms with Crippen molar-refractivity contribution in [2.24, 2.45) is 0 Å². The van der Waals surface area contributed by atoms with Crippen molar-refractivity contribution in [2.75, 3.05) is 18.0 Å². The zero-order chi connectivity index (χ0) is 17.8. The SMILES string of the molecule is O=C1CCC(N2Cc3cc(N4CC5CCC4CN5)cc(F)c3C2)C(=O)N1. The molecule has 3 unspecified atom stereocenters. The van der Waals surface area contributed by atoms with Crippen LogP contribution < -0.4 is 15.5 Å². The van der Waals surface area contributed by atoms with Crippen molar-refractivity contribution in [3.63, 3.8) is 0 Å². The molecule has 7 heteroatoms. The molecule has 6 nitrogen and oxygen atoms in total. The van der Waals surface area contributed by atoms with Gasteiger partial charge < -0.3 is 10.2 Å². The van der Waals surface area contributed by atoms with Gasteiger partial charge in [0.25, 0.3) is 0 Å². The van der Waals surface area contributed by atoms with Crippen LogP contribution in [0.5, 0.6) is 0 Å². The minimum absolute atomic E-state index is 0.179. The van der Waals surface area contributed by atoms with Gasteiger partial charge in [-0.2, -0.15) is 0 Å². The van der Waals surface area contributed by atoms with E-state index in [-0.39, 0.29) is 23.7 Å². The third kappa shape index (κ3) is 2.61. The van der Waals surface area contributed by atoms with Gasteiger partial charge in [-0.3, -0.25) is 19.8 Å². The number of hydrogen-bond acceptors (Lipinski definition) is 5. The topological polar surface area (TPSA) is 64.7 Å². The van der Waals surface area contributed by atoms with Crippen LogP contribution in [0.3, 0.4) is 0 Å². The molecule has 2 amide bonds. The fourth-order valence-corrected chi connectivity index (χ4v) is 4.92. The van der Waals surface area contributed by atoms with Crippen molar-refractivity contribution < 1.29 is 14.0 Å². The van der Waals surface area contributed by atoms with Gasteiger partial charge in [0.05, 0.1) is 6.04 Å². The molecule has 5 aliphatic rings. The number of carbonyl (C=O) groups excluding carboxylic acids is 2. The summed E-state index contributed by atoms with van der Waals surface area (Å²) in [6.07, 6.45) is 3.20. The lowest BCUT2D eigenvalue weighted by molar-refractivity contribution is -0.137. The van der Waals surface area contributed by atoms with Crippen LogP contribution in [0.1, 0.15) is 36.8 Å². The summed E-state index contributed by atoms with van der Waals surface area (Å²) in [5.74, 6) is -0.652. The maximum atomic E-state index is 14.8. The van der Waals surface area contributed by atoms with Gasteiger partial charge in [-0.15, -0.1) is 0 Å². The summed E-state index contributed by atoms with van der Waals surface area (Å²) < 4.78 is 14.8. The Morgan fingerprint density at radius 2 is 2.00 bits per heavy atom. The number of carbonyl (C=O) groups is 2. The second-order valence-corrected chi connectivity index (χ2v) is 7.93. The molecule has 6 rings (SSSR count). The first-order valence-corrected chi connectivity index (χ1v) is 9.47. The summed E-state index contributed by atoms with van der Waals surface area (Å²) in [6.45, 7) is 2.89. The number of anilines is 1. The maximum Gasteiger partial charge on any atom is 0.243 e. The van der Waals surface area contributed by atoms with E-state index in [0.29, 0.717) is 43.6 Å². The quantitative estimate of drug-likeness (QED) is 0.769. The Morgan fingerprint density at radius 3 is 2.69 bits per heavy atom. The second-order valence-electron chi connectivity index (χ2n) is 7.93. The number of hydrogen-bond donors (Lipinski definition) is 2. The van der Waals surface area contributed by atoms with Gasteiger partial charge in [0.2, 0.25) is 11.8 Å². The molecule has 0 spiro atoms. The average Bonchev–Trinajstić information content (AvgIpc) is 3.07. The van der Waals surface area contributed by atoms with Crippen LogP contribution in [-0.4, -0.2) is 47.9 Å². The first-order valence-electron chi connectivity index (χ1n) is 9.47. The number of rotatable bonds is 2. The van der Waals surface area contributed by atoms with Gasteiger partial charge in [-0.25, -0.2) is 4.39 Å². The van der Waals surface area contributed by atoms with Gasteiger partial charge in [0, 0.05) is 55.9 Å². The molecule has 4 saturated heterocycles. The van der Waals surface area contributed by atoms with Crippen LogP contribution in [0.15, 0.2) is 12.1 Å². The molecule has 0 aliphatic carbocycles. The third-order valence-corrected chi connectivity index (χ3v) is 6.34. The summed E-state index contributed by atoms with van der Waals surface area (Å²) in [4.78, 5) is 27.8. The fourth-order valence-electron chi connectivity index (χ4n) is 4.92. The van der Waals surface area contributed by atoms with Gasteiger partial charge in [-0.05, 0) is 37.0 Å². The molecular weight excluding hydrogens is 335 g/mol. The van der Waals surface area contributed by atoms with Gasteiger partial charge >= 0.3 is 0 Å². The summed E-state index contributed by atoms with van der Waals surface area (Å²) in [5, 5.41) is 5.93. The molecular formula is C19H23FN4O2. The van der Waals surface area contributed by atoms with Crippen molar-refractivity contribution in [3.8, 4) is 0 Å². The van der Waals surface area contributed by atoms with Crippen LogP contribution in [0, 0.1) is 5.82 Å². The molecule has 1 aromatic rings. The fraction of sp³-hybridized carbons (Fsp3) is 0.579. The molecule has 138 valence electrons. The minimum Gasteiger partial charge on any atom is -0.366 e. The number of benzene rings is 1. The summed E-state index contributed by atoms with van der Waals surface area (Å²) in [6, 6.07) is 4.35. The number of piperidine rings is 3. The summed E-state index contributed by atoms with van der Waals surface area (Å²) in [7, 11) is 0. The smallest absolute Gasteiger partial charge is 0.243 e. The van der Waals surface area contributed by atoms with E-state index in [1.807, 2.05) is 4.90 Å². The van der Waals surface area contributed by atoms with Crippen molar-refractivity contribution >= 4 is 17.5 Å². The molecule has 5 aliphatic heterocycles.